The molecule has 1 atom stereocenters. The van der Waals surface area contributed by atoms with Gasteiger partial charge in [-0.2, -0.15) is 0 Å². The third-order valence-corrected chi connectivity index (χ3v) is 2.88. The minimum atomic E-state index is -0.280. The highest BCUT2D eigenvalue weighted by Gasteiger charge is 2.22. The Morgan fingerprint density at radius 3 is 2.29 bits per heavy atom. The molecule has 0 radical (unpaired) electrons. The standard InChI is InChI=1S/C13H26N2O2/c1-4-6-7-8-10-11(3)13(17)15(14)12(16)9-5-2/h11H,4-10,14H2,1-3H3. The number of unbranched alkanes of at least 4 members (excludes halogenated alkanes) is 3. The van der Waals surface area contributed by atoms with E-state index in [4.69, 9.17) is 5.84 Å². The quantitative estimate of drug-likeness (QED) is 0.308. The maximum absolute atomic E-state index is 11.8. The van der Waals surface area contributed by atoms with E-state index in [1.165, 1.54) is 12.8 Å². The first-order chi connectivity index (χ1) is 8.04. The van der Waals surface area contributed by atoms with E-state index >= 15 is 0 Å². The molecule has 0 saturated carbocycles. The van der Waals surface area contributed by atoms with Crippen molar-refractivity contribution in [2.45, 2.75) is 65.7 Å². The van der Waals surface area contributed by atoms with Crippen LogP contribution in [0, 0.1) is 5.92 Å². The molecular formula is C13H26N2O2. The Balaban J connectivity index is 3.98. The summed E-state index contributed by atoms with van der Waals surface area (Å²) >= 11 is 0. The van der Waals surface area contributed by atoms with E-state index in [9.17, 15) is 9.59 Å². The van der Waals surface area contributed by atoms with Gasteiger partial charge in [-0.3, -0.25) is 9.59 Å². The van der Waals surface area contributed by atoms with Crippen molar-refractivity contribution < 1.29 is 9.59 Å². The SMILES string of the molecule is CCCCCCC(C)C(=O)N(N)C(=O)CCC. The molecule has 0 aromatic carbocycles. The van der Waals surface area contributed by atoms with Crippen molar-refractivity contribution in [1.29, 1.82) is 0 Å². The fraction of sp³-hybridized carbons (Fsp3) is 0.846. The third kappa shape index (κ3) is 6.41. The number of rotatable bonds is 8. The number of nitrogens with two attached hydrogens (primary N) is 1. The lowest BCUT2D eigenvalue weighted by Crippen LogP contribution is -2.45. The molecule has 2 N–H and O–H groups in total. The lowest BCUT2D eigenvalue weighted by atomic mass is 10.0. The van der Waals surface area contributed by atoms with Crippen LogP contribution in [0.1, 0.15) is 65.7 Å². The van der Waals surface area contributed by atoms with Crippen molar-refractivity contribution in [2.24, 2.45) is 11.8 Å². The second-order valence-corrected chi connectivity index (χ2v) is 4.60. The predicted molar refractivity (Wildman–Crippen MR) is 68.9 cm³/mol. The Bertz CT molecular complexity index is 242. The van der Waals surface area contributed by atoms with Gasteiger partial charge in [0.25, 0.3) is 0 Å². The van der Waals surface area contributed by atoms with Crippen LogP contribution in [0.4, 0.5) is 0 Å². The van der Waals surface area contributed by atoms with Gasteiger partial charge in [-0.05, 0) is 12.8 Å². The van der Waals surface area contributed by atoms with E-state index in [0.29, 0.717) is 12.8 Å². The summed E-state index contributed by atoms with van der Waals surface area (Å²) < 4.78 is 0. The van der Waals surface area contributed by atoms with Gasteiger partial charge in [0.15, 0.2) is 0 Å². The van der Waals surface area contributed by atoms with Crippen LogP contribution in [-0.2, 0) is 9.59 Å². The average Bonchev–Trinajstić information content (AvgIpc) is 2.32. The third-order valence-electron chi connectivity index (χ3n) is 2.88. The molecule has 2 amide bonds. The van der Waals surface area contributed by atoms with Crippen LogP contribution >= 0.6 is 0 Å². The number of hydrogen-bond donors (Lipinski definition) is 1. The molecule has 0 aromatic rings. The minimum absolute atomic E-state index is 0.155. The number of hydrazine groups is 1. The molecule has 100 valence electrons. The fourth-order valence-corrected chi connectivity index (χ4v) is 1.70. The zero-order valence-corrected chi connectivity index (χ0v) is 11.4. The van der Waals surface area contributed by atoms with Crippen LogP contribution < -0.4 is 5.84 Å². The predicted octanol–water partition coefficient (Wildman–Crippen LogP) is 2.62. The second-order valence-electron chi connectivity index (χ2n) is 4.60. The molecule has 0 bridgehead atoms. The maximum atomic E-state index is 11.8. The van der Waals surface area contributed by atoms with E-state index in [0.717, 1.165) is 24.3 Å². The number of imide groups is 1. The smallest absolute Gasteiger partial charge is 0.246 e. The lowest BCUT2D eigenvalue weighted by Gasteiger charge is -2.18. The summed E-state index contributed by atoms with van der Waals surface area (Å²) in [6.07, 6.45) is 6.40. The van der Waals surface area contributed by atoms with Gasteiger partial charge in [0, 0.05) is 12.3 Å². The summed E-state index contributed by atoms with van der Waals surface area (Å²) in [5, 5.41) is 0.800. The van der Waals surface area contributed by atoms with Gasteiger partial charge < -0.3 is 0 Å². The summed E-state index contributed by atoms with van der Waals surface area (Å²) in [5.74, 6) is 4.83. The van der Waals surface area contributed by atoms with Gasteiger partial charge in [-0.25, -0.2) is 10.9 Å². The van der Waals surface area contributed by atoms with Crippen molar-refractivity contribution in [1.82, 2.24) is 5.01 Å². The number of amides is 2. The van der Waals surface area contributed by atoms with Gasteiger partial charge in [-0.1, -0.05) is 46.5 Å². The molecule has 1 unspecified atom stereocenters. The van der Waals surface area contributed by atoms with Gasteiger partial charge >= 0.3 is 0 Å². The molecule has 0 aliphatic rings. The molecule has 0 aliphatic carbocycles. The van der Waals surface area contributed by atoms with E-state index in [2.05, 4.69) is 6.92 Å². The van der Waals surface area contributed by atoms with Crippen molar-refractivity contribution in [2.75, 3.05) is 0 Å². The largest absolute Gasteiger partial charge is 0.273 e. The zero-order chi connectivity index (χ0) is 13.3. The number of carbonyl (C=O) groups excluding carboxylic acids is 2. The van der Waals surface area contributed by atoms with Crippen LogP contribution in [0.15, 0.2) is 0 Å². The van der Waals surface area contributed by atoms with Crippen LogP contribution in [-0.4, -0.2) is 16.8 Å². The molecule has 17 heavy (non-hydrogen) atoms. The highest BCUT2D eigenvalue weighted by molar-refractivity contribution is 5.95. The number of nitrogens with zero attached hydrogens (tertiary/aromatic N) is 1. The Labute approximate surface area is 105 Å². The van der Waals surface area contributed by atoms with Crippen molar-refractivity contribution in [3.8, 4) is 0 Å². The molecule has 0 heterocycles. The maximum Gasteiger partial charge on any atom is 0.246 e. The van der Waals surface area contributed by atoms with Crippen LogP contribution in [0.2, 0.25) is 0 Å². The van der Waals surface area contributed by atoms with Crippen LogP contribution in [0.25, 0.3) is 0 Å². The monoisotopic (exact) mass is 242 g/mol. The van der Waals surface area contributed by atoms with Crippen LogP contribution in [0.3, 0.4) is 0 Å². The van der Waals surface area contributed by atoms with Crippen molar-refractivity contribution in [3.05, 3.63) is 0 Å². The molecule has 0 aromatic heterocycles. The number of carbonyl (C=O) groups is 2. The Morgan fingerprint density at radius 2 is 1.76 bits per heavy atom. The Hall–Kier alpha value is -0.900. The molecule has 0 rings (SSSR count). The summed E-state index contributed by atoms with van der Waals surface area (Å²) in [7, 11) is 0. The lowest BCUT2D eigenvalue weighted by molar-refractivity contribution is -0.147. The van der Waals surface area contributed by atoms with Gasteiger partial charge in [0.05, 0.1) is 0 Å². The highest BCUT2D eigenvalue weighted by Crippen LogP contribution is 2.12. The topological polar surface area (TPSA) is 63.4 Å². The van der Waals surface area contributed by atoms with E-state index < -0.39 is 0 Å². The summed E-state index contributed by atoms with van der Waals surface area (Å²) in [4.78, 5) is 23.2. The van der Waals surface area contributed by atoms with Crippen molar-refractivity contribution >= 4 is 11.8 Å². The summed E-state index contributed by atoms with van der Waals surface area (Å²) in [5.41, 5.74) is 0. The minimum Gasteiger partial charge on any atom is -0.273 e. The van der Waals surface area contributed by atoms with Gasteiger partial charge in [0.2, 0.25) is 11.8 Å². The van der Waals surface area contributed by atoms with Crippen LogP contribution in [0.5, 0.6) is 0 Å². The molecule has 0 saturated heterocycles. The summed E-state index contributed by atoms with van der Waals surface area (Å²) in [6.45, 7) is 5.89. The molecule has 4 heteroatoms. The second kappa shape index (κ2) is 9.16. The molecule has 4 nitrogen and oxygen atoms in total. The Kier molecular flexibility index (Phi) is 8.68. The average molecular weight is 242 g/mol. The van der Waals surface area contributed by atoms with E-state index in [1.54, 1.807) is 0 Å². The highest BCUT2D eigenvalue weighted by atomic mass is 16.2. The first-order valence-corrected chi connectivity index (χ1v) is 6.66. The van der Waals surface area contributed by atoms with Gasteiger partial charge in [0.1, 0.15) is 0 Å². The summed E-state index contributed by atoms with van der Waals surface area (Å²) in [6, 6.07) is 0. The van der Waals surface area contributed by atoms with Crippen molar-refractivity contribution in [3.63, 3.8) is 0 Å². The molecule has 0 fully saturated rings. The fourth-order valence-electron chi connectivity index (χ4n) is 1.70. The normalized spacial score (nSPS) is 12.2. The first-order valence-electron chi connectivity index (χ1n) is 6.66. The first kappa shape index (κ1) is 16.1. The molecule has 0 aliphatic heterocycles. The van der Waals surface area contributed by atoms with Gasteiger partial charge in [-0.15, -0.1) is 0 Å². The molecular weight excluding hydrogens is 216 g/mol. The van der Waals surface area contributed by atoms with E-state index in [-0.39, 0.29) is 17.7 Å². The van der Waals surface area contributed by atoms with E-state index in [1.807, 2.05) is 13.8 Å². The molecule has 0 spiro atoms. The number of hydrogen-bond acceptors (Lipinski definition) is 3. The zero-order valence-electron chi connectivity index (χ0n) is 11.4. The Morgan fingerprint density at radius 1 is 1.12 bits per heavy atom.